The Hall–Kier alpha value is -0.370. The Kier molecular flexibility index (Phi) is 27.6. The van der Waals surface area contributed by atoms with Crippen molar-refractivity contribution in [1.29, 1.82) is 0 Å². The molecule has 0 aliphatic carbocycles. The van der Waals surface area contributed by atoms with Gasteiger partial charge >= 0.3 is 0 Å². The number of unbranched alkanes of at least 4 members (excludes halogenated alkanes) is 21. The predicted molar refractivity (Wildman–Crippen MR) is 147 cm³/mol. The van der Waals surface area contributed by atoms with Crippen molar-refractivity contribution in [3.63, 3.8) is 0 Å². The molecule has 0 rings (SSSR count). The molecule has 0 fully saturated rings. The van der Waals surface area contributed by atoms with Gasteiger partial charge in [-0.15, -0.1) is 0 Å². The molecule has 0 saturated carbocycles. The molecule has 0 aromatic rings. The van der Waals surface area contributed by atoms with Crippen LogP contribution < -0.4 is 0 Å². The van der Waals surface area contributed by atoms with Crippen molar-refractivity contribution < 1.29 is 9.90 Å². The number of hydrogen-bond acceptors (Lipinski definition) is 2. The van der Waals surface area contributed by atoms with Gasteiger partial charge in [-0.05, 0) is 19.3 Å². The number of Topliss-reactive ketones (excluding diaryl/α,β-unsaturated/α-hetero) is 1. The number of aliphatic hydroxyl groups is 1. The summed E-state index contributed by atoms with van der Waals surface area (Å²) in [5.74, 6) is 0.375. The Morgan fingerprint density at radius 2 is 0.788 bits per heavy atom. The number of hydrogen-bond donors (Lipinski definition) is 1. The highest BCUT2D eigenvalue weighted by Gasteiger charge is 2.04. The zero-order valence-electron chi connectivity index (χ0n) is 23.0. The van der Waals surface area contributed by atoms with E-state index in [0.717, 1.165) is 38.5 Å². The van der Waals surface area contributed by atoms with Gasteiger partial charge in [-0.3, -0.25) is 4.79 Å². The van der Waals surface area contributed by atoms with Crippen LogP contribution in [0.1, 0.15) is 187 Å². The third kappa shape index (κ3) is 27.8. The first-order chi connectivity index (χ1) is 16.2. The highest BCUT2D eigenvalue weighted by Crippen LogP contribution is 2.16. The van der Waals surface area contributed by atoms with Crippen molar-refractivity contribution in [2.45, 2.75) is 193 Å². The minimum Gasteiger partial charge on any atom is -0.393 e. The van der Waals surface area contributed by atoms with Gasteiger partial charge in [-0.25, -0.2) is 0 Å². The smallest absolute Gasteiger partial charge is 0.132 e. The molecule has 0 radical (unpaired) electrons. The fourth-order valence-corrected chi connectivity index (χ4v) is 4.84. The van der Waals surface area contributed by atoms with Crippen LogP contribution in [0.2, 0.25) is 0 Å². The molecule has 0 aromatic heterocycles. The van der Waals surface area contributed by atoms with Crippen molar-refractivity contribution in [2.24, 2.45) is 0 Å². The van der Waals surface area contributed by atoms with Gasteiger partial charge in [0.05, 0.1) is 6.10 Å². The fourth-order valence-electron chi connectivity index (χ4n) is 4.84. The summed E-state index contributed by atoms with van der Waals surface area (Å²) in [4.78, 5) is 11.3. The molecule has 0 unspecified atom stereocenters. The first-order valence-corrected chi connectivity index (χ1v) is 15.4. The Bertz CT molecular complexity index is 379. The normalized spacial score (nSPS) is 12.3. The lowest BCUT2D eigenvalue weighted by Crippen LogP contribution is -2.06. The number of ketones is 1. The predicted octanol–water partition coefficient (Wildman–Crippen LogP) is 10.5. The van der Waals surface area contributed by atoms with E-state index in [1.54, 1.807) is 0 Å². The number of carbonyl (C=O) groups is 1. The second-order valence-corrected chi connectivity index (χ2v) is 10.7. The lowest BCUT2D eigenvalue weighted by molar-refractivity contribution is -0.118. The molecule has 1 N–H and O–H groups in total. The Labute approximate surface area is 209 Å². The molecule has 2 heteroatoms. The fraction of sp³-hybridized carbons (Fsp3) is 0.968. The van der Waals surface area contributed by atoms with Crippen LogP contribution in [0, 0.1) is 0 Å². The van der Waals surface area contributed by atoms with E-state index in [0.29, 0.717) is 12.2 Å². The summed E-state index contributed by atoms with van der Waals surface area (Å²) < 4.78 is 0. The Morgan fingerprint density at radius 3 is 1.12 bits per heavy atom. The van der Waals surface area contributed by atoms with E-state index in [1.807, 2.05) is 6.92 Å². The van der Waals surface area contributed by atoms with Crippen LogP contribution in [-0.4, -0.2) is 17.0 Å². The maximum Gasteiger partial charge on any atom is 0.132 e. The van der Waals surface area contributed by atoms with Gasteiger partial charge in [-0.1, -0.05) is 155 Å². The molecule has 33 heavy (non-hydrogen) atoms. The van der Waals surface area contributed by atoms with Crippen LogP contribution in [-0.2, 0) is 4.79 Å². The monoisotopic (exact) mass is 466 g/mol. The largest absolute Gasteiger partial charge is 0.393 e. The third-order valence-corrected chi connectivity index (χ3v) is 7.28. The zero-order chi connectivity index (χ0) is 24.2. The van der Waals surface area contributed by atoms with Gasteiger partial charge in [0.1, 0.15) is 5.78 Å². The van der Waals surface area contributed by atoms with Gasteiger partial charge in [-0.2, -0.15) is 0 Å². The third-order valence-electron chi connectivity index (χ3n) is 7.28. The van der Waals surface area contributed by atoms with E-state index < -0.39 is 0 Å². The van der Waals surface area contributed by atoms with Gasteiger partial charge in [0, 0.05) is 12.8 Å². The second kappa shape index (κ2) is 27.9. The molecule has 0 amide bonds. The van der Waals surface area contributed by atoms with Gasteiger partial charge < -0.3 is 5.11 Å². The molecule has 0 spiro atoms. The topological polar surface area (TPSA) is 37.3 Å². The summed E-state index contributed by atoms with van der Waals surface area (Å²) in [5, 5.41) is 10.1. The maximum absolute atomic E-state index is 11.3. The van der Waals surface area contributed by atoms with Gasteiger partial charge in [0.2, 0.25) is 0 Å². The first kappa shape index (κ1) is 32.6. The molecule has 0 aromatic carbocycles. The lowest BCUT2D eigenvalue weighted by atomic mass is 10.0. The van der Waals surface area contributed by atoms with Crippen molar-refractivity contribution in [1.82, 2.24) is 0 Å². The molecule has 1 atom stereocenters. The highest BCUT2D eigenvalue weighted by molar-refractivity contribution is 5.77. The summed E-state index contributed by atoms with van der Waals surface area (Å²) in [6.45, 7) is 4.23. The quantitative estimate of drug-likeness (QED) is 0.116. The van der Waals surface area contributed by atoms with Crippen molar-refractivity contribution in [2.75, 3.05) is 0 Å². The standard InChI is InChI=1S/C31H62O2/c1-3-5-6-7-8-9-10-11-12-13-14-15-16-17-18-19-20-21-22-24-28-31(33)29-26-23-25-27-30(32)4-2/h31,33H,3-29H2,1-2H3/t31-/m0/s1. The number of aliphatic hydroxyl groups excluding tert-OH is 1. The summed E-state index contributed by atoms with van der Waals surface area (Å²) >= 11 is 0. The van der Waals surface area contributed by atoms with Gasteiger partial charge in [0.15, 0.2) is 0 Å². The highest BCUT2D eigenvalue weighted by atomic mass is 16.3. The molecule has 0 aliphatic rings. The van der Waals surface area contributed by atoms with E-state index in [1.165, 1.54) is 128 Å². The molecule has 198 valence electrons. The van der Waals surface area contributed by atoms with E-state index in [2.05, 4.69) is 6.92 Å². The van der Waals surface area contributed by atoms with Gasteiger partial charge in [0.25, 0.3) is 0 Å². The van der Waals surface area contributed by atoms with E-state index in [9.17, 15) is 9.90 Å². The van der Waals surface area contributed by atoms with E-state index in [-0.39, 0.29) is 6.10 Å². The Morgan fingerprint density at radius 1 is 0.485 bits per heavy atom. The molecular formula is C31H62O2. The molecule has 0 saturated heterocycles. The molecule has 2 nitrogen and oxygen atoms in total. The SMILES string of the molecule is CCCCCCCCCCCCCCCCCCCCCC[C@H](O)CCCCCC(=O)CC. The number of rotatable bonds is 28. The van der Waals surface area contributed by atoms with Crippen LogP contribution in [0.4, 0.5) is 0 Å². The van der Waals surface area contributed by atoms with Crippen LogP contribution >= 0.6 is 0 Å². The molecular weight excluding hydrogens is 404 g/mol. The minimum absolute atomic E-state index is 0.123. The number of carbonyl (C=O) groups excluding carboxylic acids is 1. The van der Waals surface area contributed by atoms with Crippen molar-refractivity contribution >= 4 is 5.78 Å². The summed E-state index contributed by atoms with van der Waals surface area (Å²) in [6, 6.07) is 0. The Balaban J connectivity index is 3.13. The van der Waals surface area contributed by atoms with Crippen LogP contribution in [0.25, 0.3) is 0 Å². The van der Waals surface area contributed by atoms with E-state index >= 15 is 0 Å². The summed E-state index contributed by atoms with van der Waals surface area (Å²) in [6.07, 6.45) is 34.5. The first-order valence-electron chi connectivity index (χ1n) is 15.4. The van der Waals surface area contributed by atoms with E-state index in [4.69, 9.17) is 0 Å². The molecule has 0 heterocycles. The molecule has 0 bridgehead atoms. The zero-order valence-corrected chi connectivity index (χ0v) is 23.0. The average molecular weight is 467 g/mol. The molecule has 0 aliphatic heterocycles. The van der Waals surface area contributed by atoms with Crippen molar-refractivity contribution in [3.05, 3.63) is 0 Å². The second-order valence-electron chi connectivity index (χ2n) is 10.7. The minimum atomic E-state index is -0.123. The average Bonchev–Trinajstić information content (AvgIpc) is 2.82. The van der Waals surface area contributed by atoms with Crippen LogP contribution in [0.5, 0.6) is 0 Å². The van der Waals surface area contributed by atoms with Crippen molar-refractivity contribution in [3.8, 4) is 0 Å². The summed E-state index contributed by atoms with van der Waals surface area (Å²) in [5.41, 5.74) is 0. The maximum atomic E-state index is 11.3. The van der Waals surface area contributed by atoms with Crippen LogP contribution in [0.15, 0.2) is 0 Å². The van der Waals surface area contributed by atoms with Crippen LogP contribution in [0.3, 0.4) is 0 Å². The summed E-state index contributed by atoms with van der Waals surface area (Å²) in [7, 11) is 0. The lowest BCUT2D eigenvalue weighted by Gasteiger charge is -2.10.